The largest absolute Gasteiger partial charge is 0.496 e. The summed E-state index contributed by atoms with van der Waals surface area (Å²) in [6.45, 7) is 7.11. The average Bonchev–Trinajstić information content (AvgIpc) is 3.66. The second kappa shape index (κ2) is 8.60. The standard InChI is InChI=1S/C25H33N5O2/c1-19-18-22(28-12-6-3-7-13-28)27-24(26-19)30-16-14-29(15-17-30)23(31)25(10-11-25)20-8-4-5-9-21(20)32-2/h4-5,8-9,18H,3,6-7,10-17H2,1-2H3. The predicted octanol–water partition coefficient (Wildman–Crippen LogP) is 3.16. The SMILES string of the molecule is COc1ccccc1C1(C(=O)N2CCN(c3nc(C)cc(N4CCCCC4)n3)CC2)CC1. The Morgan fingerprint density at radius 1 is 0.938 bits per heavy atom. The molecule has 7 heteroatoms. The number of carbonyl (C=O) groups excluding carboxylic acids is 1. The molecular weight excluding hydrogens is 402 g/mol. The zero-order valence-corrected chi connectivity index (χ0v) is 19.2. The van der Waals surface area contributed by atoms with Gasteiger partial charge in [-0.1, -0.05) is 18.2 Å². The van der Waals surface area contributed by atoms with E-state index in [-0.39, 0.29) is 5.91 Å². The van der Waals surface area contributed by atoms with E-state index in [9.17, 15) is 4.79 Å². The van der Waals surface area contributed by atoms with Crippen LogP contribution in [0.3, 0.4) is 0 Å². The summed E-state index contributed by atoms with van der Waals surface area (Å²) in [6, 6.07) is 10.1. The molecule has 32 heavy (non-hydrogen) atoms. The number of hydrogen-bond acceptors (Lipinski definition) is 6. The quantitative estimate of drug-likeness (QED) is 0.719. The Kier molecular flexibility index (Phi) is 5.66. The lowest BCUT2D eigenvalue weighted by molar-refractivity contribution is -0.134. The first kappa shape index (κ1) is 21.0. The summed E-state index contributed by atoms with van der Waals surface area (Å²) in [4.78, 5) is 29.8. The van der Waals surface area contributed by atoms with Gasteiger partial charge in [-0.2, -0.15) is 4.98 Å². The van der Waals surface area contributed by atoms with Crippen molar-refractivity contribution < 1.29 is 9.53 Å². The Morgan fingerprint density at radius 3 is 2.34 bits per heavy atom. The van der Waals surface area contributed by atoms with E-state index < -0.39 is 5.41 Å². The second-order valence-corrected chi connectivity index (χ2v) is 9.28. The average molecular weight is 436 g/mol. The van der Waals surface area contributed by atoms with Gasteiger partial charge in [-0.25, -0.2) is 4.98 Å². The van der Waals surface area contributed by atoms with Gasteiger partial charge < -0.3 is 19.4 Å². The molecule has 2 saturated heterocycles. The Morgan fingerprint density at radius 2 is 1.66 bits per heavy atom. The number of anilines is 2. The van der Waals surface area contributed by atoms with E-state index in [2.05, 4.69) is 15.9 Å². The van der Waals surface area contributed by atoms with Gasteiger partial charge in [0.25, 0.3) is 0 Å². The maximum atomic E-state index is 13.5. The van der Waals surface area contributed by atoms with E-state index in [1.165, 1.54) is 19.3 Å². The molecule has 0 unspecified atom stereocenters. The fourth-order valence-electron chi connectivity index (χ4n) is 5.14. The third-order valence-electron chi connectivity index (χ3n) is 7.14. The highest BCUT2D eigenvalue weighted by Crippen LogP contribution is 2.52. The summed E-state index contributed by atoms with van der Waals surface area (Å²) in [6.07, 6.45) is 5.55. The van der Waals surface area contributed by atoms with Gasteiger partial charge in [0, 0.05) is 56.6 Å². The number of piperidine rings is 1. The van der Waals surface area contributed by atoms with E-state index >= 15 is 0 Å². The lowest BCUT2D eigenvalue weighted by Gasteiger charge is -2.37. The molecule has 0 atom stereocenters. The molecule has 1 aromatic heterocycles. The number of carbonyl (C=O) groups is 1. The Labute approximate surface area is 190 Å². The third kappa shape index (κ3) is 3.89. The van der Waals surface area contributed by atoms with Crippen LogP contribution in [-0.2, 0) is 10.2 Å². The first-order valence-corrected chi connectivity index (χ1v) is 11.9. The molecule has 0 spiro atoms. The van der Waals surface area contributed by atoms with Crippen molar-refractivity contribution >= 4 is 17.7 Å². The Balaban J connectivity index is 1.27. The van der Waals surface area contributed by atoms with E-state index in [4.69, 9.17) is 14.7 Å². The van der Waals surface area contributed by atoms with Gasteiger partial charge in [-0.3, -0.25) is 4.79 Å². The van der Waals surface area contributed by atoms with Crippen molar-refractivity contribution in [3.05, 3.63) is 41.6 Å². The zero-order chi connectivity index (χ0) is 22.1. The molecule has 1 aliphatic carbocycles. The summed E-state index contributed by atoms with van der Waals surface area (Å²) >= 11 is 0. The van der Waals surface area contributed by atoms with Gasteiger partial charge in [0.05, 0.1) is 12.5 Å². The second-order valence-electron chi connectivity index (χ2n) is 9.28. The minimum Gasteiger partial charge on any atom is -0.496 e. The number of hydrogen-bond donors (Lipinski definition) is 0. The fourth-order valence-corrected chi connectivity index (χ4v) is 5.14. The van der Waals surface area contributed by atoms with Crippen LogP contribution in [-0.4, -0.2) is 67.2 Å². The predicted molar refractivity (Wildman–Crippen MR) is 126 cm³/mol. The van der Waals surface area contributed by atoms with Gasteiger partial charge in [-0.05, 0) is 45.1 Å². The summed E-state index contributed by atoms with van der Waals surface area (Å²) in [7, 11) is 1.68. The van der Waals surface area contributed by atoms with Gasteiger partial charge in [-0.15, -0.1) is 0 Å². The van der Waals surface area contributed by atoms with Gasteiger partial charge >= 0.3 is 0 Å². The molecule has 0 N–H and O–H groups in total. The third-order valence-corrected chi connectivity index (χ3v) is 7.14. The number of aromatic nitrogens is 2. The zero-order valence-electron chi connectivity index (χ0n) is 19.2. The maximum Gasteiger partial charge on any atom is 0.233 e. The molecule has 1 amide bonds. The molecule has 7 nitrogen and oxygen atoms in total. The van der Waals surface area contributed by atoms with Crippen LogP contribution in [0, 0.1) is 6.92 Å². The normalized spacial score (nSPS) is 20.2. The number of benzene rings is 1. The summed E-state index contributed by atoms with van der Waals surface area (Å²) in [5.74, 6) is 2.89. The van der Waals surface area contributed by atoms with Gasteiger partial charge in [0.15, 0.2) is 0 Å². The molecular formula is C25H33N5O2. The lowest BCUT2D eigenvalue weighted by Crippen LogP contribution is -2.52. The first-order chi connectivity index (χ1) is 15.6. The topological polar surface area (TPSA) is 61.8 Å². The molecule has 3 heterocycles. The molecule has 2 aromatic rings. The molecule has 3 fully saturated rings. The molecule has 170 valence electrons. The van der Waals surface area contributed by atoms with E-state index in [0.717, 1.165) is 67.8 Å². The number of rotatable bonds is 5. The highest BCUT2D eigenvalue weighted by Gasteiger charge is 2.54. The monoisotopic (exact) mass is 435 g/mol. The van der Waals surface area contributed by atoms with Crippen LogP contribution in [0.4, 0.5) is 11.8 Å². The number of nitrogens with zero attached hydrogens (tertiary/aromatic N) is 5. The van der Waals surface area contributed by atoms with Crippen LogP contribution in [0.2, 0.25) is 0 Å². The van der Waals surface area contributed by atoms with Crippen LogP contribution >= 0.6 is 0 Å². The first-order valence-electron chi connectivity index (χ1n) is 11.9. The van der Waals surface area contributed by atoms with Gasteiger partial charge in [0.1, 0.15) is 11.6 Å². The van der Waals surface area contributed by atoms with Crippen molar-refractivity contribution in [2.45, 2.75) is 44.4 Å². The lowest BCUT2D eigenvalue weighted by atomic mass is 9.93. The minimum absolute atomic E-state index is 0.237. The fraction of sp³-hybridized carbons (Fsp3) is 0.560. The number of ether oxygens (including phenoxy) is 1. The molecule has 0 radical (unpaired) electrons. The molecule has 1 saturated carbocycles. The van der Waals surface area contributed by atoms with E-state index in [0.29, 0.717) is 13.1 Å². The number of piperazine rings is 1. The minimum atomic E-state index is -0.407. The molecule has 3 aliphatic rings. The number of amides is 1. The summed E-state index contributed by atoms with van der Waals surface area (Å²) < 4.78 is 5.56. The van der Waals surface area contributed by atoms with Crippen molar-refractivity contribution in [2.75, 3.05) is 56.2 Å². The van der Waals surface area contributed by atoms with Crippen molar-refractivity contribution in [1.82, 2.24) is 14.9 Å². The van der Waals surface area contributed by atoms with Crippen molar-refractivity contribution in [2.24, 2.45) is 0 Å². The van der Waals surface area contributed by atoms with Crippen LogP contribution in [0.5, 0.6) is 5.75 Å². The van der Waals surface area contributed by atoms with Crippen molar-refractivity contribution in [1.29, 1.82) is 0 Å². The van der Waals surface area contributed by atoms with Crippen LogP contribution in [0.25, 0.3) is 0 Å². The summed E-state index contributed by atoms with van der Waals surface area (Å²) in [5, 5.41) is 0. The molecule has 2 aliphatic heterocycles. The smallest absolute Gasteiger partial charge is 0.233 e. The Bertz CT molecular complexity index is 976. The molecule has 1 aromatic carbocycles. The van der Waals surface area contributed by atoms with E-state index in [1.54, 1.807) is 7.11 Å². The molecule has 5 rings (SSSR count). The molecule has 0 bridgehead atoms. The highest BCUT2D eigenvalue weighted by molar-refractivity contribution is 5.92. The van der Waals surface area contributed by atoms with Crippen LogP contribution < -0.4 is 14.5 Å². The van der Waals surface area contributed by atoms with Crippen LogP contribution in [0.1, 0.15) is 43.4 Å². The van der Waals surface area contributed by atoms with Crippen LogP contribution in [0.15, 0.2) is 30.3 Å². The van der Waals surface area contributed by atoms with E-state index in [1.807, 2.05) is 36.1 Å². The van der Waals surface area contributed by atoms with Gasteiger partial charge in [0.2, 0.25) is 11.9 Å². The Hall–Kier alpha value is -2.83. The highest BCUT2D eigenvalue weighted by atomic mass is 16.5. The summed E-state index contributed by atoms with van der Waals surface area (Å²) in [5.41, 5.74) is 1.63. The maximum absolute atomic E-state index is 13.5. The number of aryl methyl sites for hydroxylation is 1. The van der Waals surface area contributed by atoms with Crippen molar-refractivity contribution in [3.8, 4) is 5.75 Å². The number of para-hydroxylation sites is 1. The number of methoxy groups -OCH3 is 1. The van der Waals surface area contributed by atoms with Crippen molar-refractivity contribution in [3.63, 3.8) is 0 Å².